The number of anilines is 4. The van der Waals surface area contributed by atoms with Gasteiger partial charge in [-0.15, -0.1) is 0 Å². The minimum Gasteiger partial charge on any atom is -0.326 e. The molecule has 4 rings (SSSR count). The highest BCUT2D eigenvalue weighted by molar-refractivity contribution is 6.04. The number of halogens is 3. The van der Waals surface area contributed by atoms with E-state index in [9.17, 15) is 27.6 Å². The third kappa shape index (κ3) is 4.77. The number of nitrogens with one attached hydrogen (secondary N) is 4. The molecule has 2 aromatic carbocycles. The van der Waals surface area contributed by atoms with E-state index in [0.29, 0.717) is 12.1 Å². The van der Waals surface area contributed by atoms with Gasteiger partial charge in [0, 0.05) is 17.8 Å². The van der Waals surface area contributed by atoms with Crippen molar-refractivity contribution in [1.29, 1.82) is 0 Å². The number of aryl methyl sites for hydroxylation is 1. The van der Waals surface area contributed by atoms with Crippen molar-refractivity contribution in [2.24, 2.45) is 0 Å². The second kappa shape index (κ2) is 9.00. The number of aromatic nitrogens is 2. The van der Waals surface area contributed by atoms with Gasteiger partial charge in [0.05, 0.1) is 17.0 Å². The quantitative estimate of drug-likeness (QED) is 0.446. The van der Waals surface area contributed by atoms with E-state index < -0.39 is 35.0 Å². The van der Waals surface area contributed by atoms with Crippen molar-refractivity contribution < 1.29 is 22.8 Å². The fourth-order valence-electron chi connectivity index (χ4n) is 3.73. The first-order valence-corrected chi connectivity index (χ1v) is 10.4. The molecule has 2 heterocycles. The summed E-state index contributed by atoms with van der Waals surface area (Å²) >= 11 is 0. The van der Waals surface area contributed by atoms with Crippen LogP contribution in [0.4, 0.5) is 36.3 Å². The highest BCUT2D eigenvalue weighted by atomic mass is 19.4. The van der Waals surface area contributed by atoms with Crippen LogP contribution in [0, 0.1) is 0 Å². The molecule has 0 bridgehead atoms. The lowest BCUT2D eigenvalue weighted by Gasteiger charge is -2.24. The normalized spacial score (nSPS) is 15.3. The molecule has 0 radical (unpaired) electrons. The number of hydrogen-bond acceptors (Lipinski definition) is 5. The van der Waals surface area contributed by atoms with Crippen LogP contribution in [0.5, 0.6) is 0 Å². The average molecular weight is 471 g/mol. The van der Waals surface area contributed by atoms with Gasteiger partial charge in [0.2, 0.25) is 17.8 Å². The van der Waals surface area contributed by atoms with Crippen LogP contribution in [0.15, 0.2) is 53.3 Å². The van der Waals surface area contributed by atoms with Gasteiger partial charge in [-0.2, -0.15) is 18.2 Å². The Morgan fingerprint density at radius 1 is 1.15 bits per heavy atom. The molecule has 176 valence electrons. The van der Waals surface area contributed by atoms with E-state index in [1.54, 1.807) is 12.1 Å². The fourth-order valence-corrected chi connectivity index (χ4v) is 3.73. The van der Waals surface area contributed by atoms with Crippen LogP contribution in [0.25, 0.3) is 0 Å². The van der Waals surface area contributed by atoms with E-state index in [1.165, 1.54) is 12.1 Å². The number of hydrogen-bond donors (Lipinski definition) is 4. The first-order valence-electron chi connectivity index (χ1n) is 10.4. The predicted molar refractivity (Wildman–Crippen MR) is 120 cm³/mol. The molecule has 11 heteroatoms. The lowest BCUT2D eigenvalue weighted by atomic mass is 9.92. The Morgan fingerprint density at radius 2 is 1.91 bits per heavy atom. The number of alkyl halides is 3. The van der Waals surface area contributed by atoms with Crippen molar-refractivity contribution in [1.82, 2.24) is 9.97 Å². The first-order chi connectivity index (χ1) is 16.2. The molecule has 0 saturated carbocycles. The summed E-state index contributed by atoms with van der Waals surface area (Å²) in [5, 5.41) is 7.84. The Balaban J connectivity index is 1.64. The third-order valence-corrected chi connectivity index (χ3v) is 5.38. The minimum atomic E-state index is -4.54. The lowest BCUT2D eigenvalue weighted by Crippen LogP contribution is -2.36. The molecular weight excluding hydrogens is 451 g/mol. The van der Waals surface area contributed by atoms with Gasteiger partial charge >= 0.3 is 6.18 Å². The zero-order valence-corrected chi connectivity index (χ0v) is 17.9. The van der Waals surface area contributed by atoms with Crippen molar-refractivity contribution in [2.75, 3.05) is 16.0 Å². The number of carbonyl (C=O) groups excluding carboxylic acids is 2. The highest BCUT2D eigenvalue weighted by Crippen LogP contribution is 2.33. The van der Waals surface area contributed by atoms with E-state index in [1.807, 2.05) is 19.1 Å². The fraction of sp³-hybridized carbons (Fsp3) is 0.217. The lowest BCUT2D eigenvalue weighted by molar-refractivity contribution is -0.137. The second-order valence-electron chi connectivity index (χ2n) is 7.69. The van der Waals surface area contributed by atoms with Crippen molar-refractivity contribution in [3.05, 3.63) is 75.6 Å². The summed E-state index contributed by atoms with van der Waals surface area (Å²) in [5.74, 6) is -2.45. The van der Waals surface area contributed by atoms with Crippen molar-refractivity contribution >= 4 is 35.0 Å². The van der Waals surface area contributed by atoms with E-state index in [4.69, 9.17) is 0 Å². The van der Waals surface area contributed by atoms with Crippen LogP contribution in [-0.4, -0.2) is 21.8 Å². The molecule has 4 N–H and O–H groups in total. The van der Waals surface area contributed by atoms with Gasteiger partial charge in [-0.25, -0.2) is 0 Å². The zero-order valence-electron chi connectivity index (χ0n) is 17.9. The number of aromatic amines is 1. The number of carbonyl (C=O) groups is 2. The predicted octanol–water partition coefficient (Wildman–Crippen LogP) is 4.16. The van der Waals surface area contributed by atoms with E-state index >= 15 is 0 Å². The number of para-hydroxylation sites is 1. The summed E-state index contributed by atoms with van der Waals surface area (Å²) in [6, 6.07) is 11.5. The number of nitrogens with zero attached hydrogens (tertiary/aromatic N) is 1. The molecule has 1 aromatic heterocycles. The molecule has 0 fully saturated rings. The minimum absolute atomic E-state index is 0.0272. The molecule has 0 spiro atoms. The van der Waals surface area contributed by atoms with Crippen LogP contribution in [0.1, 0.15) is 36.0 Å². The Morgan fingerprint density at radius 3 is 2.65 bits per heavy atom. The summed E-state index contributed by atoms with van der Waals surface area (Å²) < 4.78 is 38.9. The van der Waals surface area contributed by atoms with Crippen LogP contribution in [-0.2, 0) is 22.2 Å². The molecule has 8 nitrogen and oxygen atoms in total. The van der Waals surface area contributed by atoms with Gasteiger partial charge in [-0.1, -0.05) is 31.2 Å². The van der Waals surface area contributed by atoms with Gasteiger partial charge in [-0.05, 0) is 36.2 Å². The average Bonchev–Trinajstić information content (AvgIpc) is 2.78. The van der Waals surface area contributed by atoms with Crippen molar-refractivity contribution in [3.63, 3.8) is 0 Å². The Kier molecular flexibility index (Phi) is 6.10. The zero-order chi connectivity index (χ0) is 24.5. The maximum absolute atomic E-state index is 13.0. The van der Waals surface area contributed by atoms with Crippen molar-refractivity contribution in [2.45, 2.75) is 31.9 Å². The number of rotatable bonds is 5. The molecule has 0 saturated heterocycles. The van der Waals surface area contributed by atoms with Crippen LogP contribution < -0.4 is 21.5 Å². The molecule has 34 heavy (non-hydrogen) atoms. The molecule has 0 aliphatic carbocycles. The number of amides is 2. The van der Waals surface area contributed by atoms with Crippen LogP contribution in [0.3, 0.4) is 0 Å². The molecule has 1 aliphatic heterocycles. The number of benzene rings is 2. The molecule has 2 amide bonds. The van der Waals surface area contributed by atoms with Crippen LogP contribution in [0.2, 0.25) is 0 Å². The summed E-state index contributed by atoms with van der Waals surface area (Å²) in [5.41, 5.74) is -0.0939. The Bertz CT molecular complexity index is 1320. The molecule has 1 atom stereocenters. The third-order valence-electron chi connectivity index (χ3n) is 5.38. The largest absolute Gasteiger partial charge is 0.416 e. The maximum atomic E-state index is 13.0. The smallest absolute Gasteiger partial charge is 0.326 e. The maximum Gasteiger partial charge on any atom is 0.416 e. The summed E-state index contributed by atoms with van der Waals surface area (Å²) in [7, 11) is 0. The standard InChI is InChI=1S/C23H20F3N5O3/c1-2-12-6-3-4-9-16(12)28-20(33)15-11-17(32)29-19-18(15)21(34)31-22(30-19)27-14-8-5-7-13(10-14)23(24,25)26/h3-10,15H,2,11H2,1H3,(H,28,33)(H3,27,29,30,31,32,34)/t15-/m1/s1. The molecular formula is C23H20F3N5O3. The summed E-state index contributed by atoms with van der Waals surface area (Å²) in [6.07, 6.45) is -4.12. The number of H-pyrrole nitrogens is 1. The second-order valence-corrected chi connectivity index (χ2v) is 7.69. The topological polar surface area (TPSA) is 116 Å². The highest BCUT2D eigenvalue weighted by Gasteiger charge is 2.35. The van der Waals surface area contributed by atoms with Gasteiger partial charge in [-0.3, -0.25) is 19.4 Å². The van der Waals surface area contributed by atoms with Crippen molar-refractivity contribution in [3.8, 4) is 0 Å². The molecule has 0 unspecified atom stereocenters. The summed E-state index contributed by atoms with van der Waals surface area (Å²) in [6.45, 7) is 1.93. The van der Waals surface area contributed by atoms with E-state index in [0.717, 1.165) is 17.7 Å². The van der Waals surface area contributed by atoms with Crippen LogP contribution >= 0.6 is 0 Å². The Labute approximate surface area is 191 Å². The van der Waals surface area contributed by atoms with Gasteiger partial charge in [0.25, 0.3) is 5.56 Å². The number of fused-ring (bicyclic) bond motifs is 1. The van der Waals surface area contributed by atoms with Gasteiger partial charge in [0.1, 0.15) is 5.82 Å². The molecule has 3 aromatic rings. The molecule has 1 aliphatic rings. The monoisotopic (exact) mass is 471 g/mol. The van der Waals surface area contributed by atoms with E-state index in [2.05, 4.69) is 25.9 Å². The van der Waals surface area contributed by atoms with Gasteiger partial charge < -0.3 is 16.0 Å². The summed E-state index contributed by atoms with van der Waals surface area (Å²) in [4.78, 5) is 44.7. The SMILES string of the molecule is CCc1ccccc1NC(=O)[C@@H]1CC(=O)Nc2nc(Nc3cccc(C(F)(F)F)c3)[nH]c(=O)c21. The first kappa shape index (κ1) is 23.0. The van der Waals surface area contributed by atoms with E-state index in [-0.39, 0.29) is 29.4 Å². The Hall–Kier alpha value is -4.15. The van der Waals surface area contributed by atoms with Gasteiger partial charge in [0.15, 0.2) is 0 Å².